The van der Waals surface area contributed by atoms with Crippen molar-refractivity contribution in [1.82, 2.24) is 4.98 Å². The minimum Gasteiger partial charge on any atom is -0.388 e. The van der Waals surface area contributed by atoms with Gasteiger partial charge in [0, 0.05) is 24.7 Å². The average molecular weight is 299 g/mol. The first kappa shape index (κ1) is 13.1. The number of anilines is 1. The zero-order valence-corrected chi connectivity index (χ0v) is 12.1. The SMILES string of the molecule is CCO[C@@H]1CN(c2nc3ccc(Cl)cc3s2)C[C@H]1O. The minimum atomic E-state index is -0.449. The summed E-state index contributed by atoms with van der Waals surface area (Å²) < 4.78 is 6.59. The molecule has 0 unspecified atom stereocenters. The number of rotatable bonds is 3. The fraction of sp³-hybridized carbons (Fsp3) is 0.462. The first-order chi connectivity index (χ1) is 9.17. The Kier molecular flexibility index (Phi) is 3.62. The van der Waals surface area contributed by atoms with Crippen LogP contribution in [0, 0.1) is 0 Å². The molecule has 0 aliphatic carbocycles. The lowest BCUT2D eigenvalue weighted by atomic mass is 10.3. The highest BCUT2D eigenvalue weighted by Gasteiger charge is 2.33. The van der Waals surface area contributed by atoms with Gasteiger partial charge in [0.05, 0.1) is 16.3 Å². The van der Waals surface area contributed by atoms with Gasteiger partial charge in [0.1, 0.15) is 6.10 Å². The first-order valence-electron chi connectivity index (χ1n) is 6.28. The molecule has 2 heterocycles. The van der Waals surface area contributed by atoms with Crippen LogP contribution in [0.25, 0.3) is 10.2 Å². The van der Waals surface area contributed by atoms with E-state index in [4.69, 9.17) is 16.3 Å². The second-order valence-electron chi connectivity index (χ2n) is 4.57. The Morgan fingerprint density at radius 2 is 2.37 bits per heavy atom. The molecule has 1 aliphatic heterocycles. The van der Waals surface area contributed by atoms with Crippen LogP contribution in [-0.2, 0) is 4.74 Å². The van der Waals surface area contributed by atoms with Gasteiger partial charge in [-0.1, -0.05) is 22.9 Å². The summed E-state index contributed by atoms with van der Waals surface area (Å²) >= 11 is 7.58. The molecule has 0 amide bonds. The van der Waals surface area contributed by atoms with Crippen molar-refractivity contribution in [3.8, 4) is 0 Å². The van der Waals surface area contributed by atoms with Crippen LogP contribution in [0.4, 0.5) is 5.13 Å². The Morgan fingerprint density at radius 1 is 1.53 bits per heavy atom. The van der Waals surface area contributed by atoms with E-state index in [9.17, 15) is 5.11 Å². The minimum absolute atomic E-state index is 0.124. The number of thiazole rings is 1. The average Bonchev–Trinajstić information content (AvgIpc) is 2.94. The second kappa shape index (κ2) is 5.25. The van der Waals surface area contributed by atoms with Gasteiger partial charge >= 0.3 is 0 Å². The number of ether oxygens (including phenoxy) is 1. The standard InChI is InChI=1S/C13H15ClN2O2S/c1-2-18-11-7-16(6-10(11)17)13-15-9-4-3-8(14)5-12(9)19-13/h3-5,10-11,17H,2,6-7H2,1H3/t10-,11-/m1/s1. The van der Waals surface area contributed by atoms with Crippen molar-refractivity contribution < 1.29 is 9.84 Å². The predicted octanol–water partition coefficient (Wildman–Crippen LogP) is 2.54. The summed E-state index contributed by atoms with van der Waals surface area (Å²) in [5.74, 6) is 0. The molecule has 0 bridgehead atoms. The van der Waals surface area contributed by atoms with Gasteiger partial charge < -0.3 is 14.7 Å². The van der Waals surface area contributed by atoms with Crippen LogP contribution in [0.5, 0.6) is 0 Å². The maximum absolute atomic E-state index is 9.96. The van der Waals surface area contributed by atoms with Crippen molar-refractivity contribution in [1.29, 1.82) is 0 Å². The van der Waals surface area contributed by atoms with Gasteiger partial charge in [0.2, 0.25) is 0 Å². The normalized spacial score (nSPS) is 23.4. The maximum Gasteiger partial charge on any atom is 0.186 e. The van der Waals surface area contributed by atoms with E-state index in [0.717, 1.165) is 20.4 Å². The molecule has 1 aromatic heterocycles. The van der Waals surface area contributed by atoms with E-state index in [1.165, 1.54) is 0 Å². The van der Waals surface area contributed by atoms with Gasteiger partial charge in [-0.3, -0.25) is 0 Å². The van der Waals surface area contributed by atoms with Gasteiger partial charge in [0.25, 0.3) is 0 Å². The lowest BCUT2D eigenvalue weighted by molar-refractivity contribution is -0.00189. The molecule has 2 atom stereocenters. The molecular weight excluding hydrogens is 284 g/mol. The van der Waals surface area contributed by atoms with E-state index in [2.05, 4.69) is 9.88 Å². The lowest BCUT2D eigenvalue weighted by Crippen LogP contribution is -2.26. The van der Waals surface area contributed by atoms with E-state index < -0.39 is 6.10 Å². The number of benzene rings is 1. The van der Waals surface area contributed by atoms with Gasteiger partial charge in [-0.05, 0) is 25.1 Å². The third-order valence-electron chi connectivity index (χ3n) is 3.23. The van der Waals surface area contributed by atoms with Crippen molar-refractivity contribution in [2.75, 3.05) is 24.6 Å². The summed E-state index contributed by atoms with van der Waals surface area (Å²) in [6.07, 6.45) is -0.573. The molecule has 4 nitrogen and oxygen atoms in total. The summed E-state index contributed by atoms with van der Waals surface area (Å²) in [4.78, 5) is 6.66. The highest BCUT2D eigenvalue weighted by molar-refractivity contribution is 7.22. The van der Waals surface area contributed by atoms with E-state index in [0.29, 0.717) is 19.7 Å². The summed E-state index contributed by atoms with van der Waals surface area (Å²) in [5.41, 5.74) is 0.943. The van der Waals surface area contributed by atoms with E-state index in [1.807, 2.05) is 25.1 Å². The third-order valence-corrected chi connectivity index (χ3v) is 4.54. The molecule has 6 heteroatoms. The van der Waals surface area contributed by atoms with Crippen LogP contribution in [0.1, 0.15) is 6.92 Å². The largest absolute Gasteiger partial charge is 0.388 e. The van der Waals surface area contributed by atoms with Gasteiger partial charge in [0.15, 0.2) is 5.13 Å². The molecule has 102 valence electrons. The topological polar surface area (TPSA) is 45.6 Å². The number of β-amino-alcohol motifs (C(OH)–C–C–N with tert-alkyl or cyclic N) is 1. The third kappa shape index (κ3) is 2.56. The van der Waals surface area contributed by atoms with E-state index >= 15 is 0 Å². The van der Waals surface area contributed by atoms with Crippen LogP contribution in [-0.4, -0.2) is 42.0 Å². The fourth-order valence-corrected chi connectivity index (χ4v) is 3.57. The molecule has 0 spiro atoms. The molecule has 1 aromatic carbocycles. The maximum atomic E-state index is 9.96. The number of aromatic nitrogens is 1. The van der Waals surface area contributed by atoms with Crippen molar-refractivity contribution >= 4 is 38.3 Å². The fourth-order valence-electron chi connectivity index (χ4n) is 2.31. The van der Waals surface area contributed by atoms with Crippen LogP contribution < -0.4 is 4.90 Å². The highest BCUT2D eigenvalue weighted by atomic mass is 35.5. The number of aliphatic hydroxyl groups is 1. The predicted molar refractivity (Wildman–Crippen MR) is 78.3 cm³/mol. The van der Waals surface area contributed by atoms with Crippen LogP contribution in [0.2, 0.25) is 5.02 Å². The zero-order chi connectivity index (χ0) is 13.4. The lowest BCUT2D eigenvalue weighted by Gasteiger charge is -2.14. The van der Waals surface area contributed by atoms with Gasteiger partial charge in [-0.25, -0.2) is 4.98 Å². The van der Waals surface area contributed by atoms with Crippen LogP contribution >= 0.6 is 22.9 Å². The van der Waals surface area contributed by atoms with E-state index in [-0.39, 0.29) is 6.10 Å². The number of aliphatic hydroxyl groups excluding tert-OH is 1. The van der Waals surface area contributed by atoms with Crippen molar-refractivity contribution in [3.63, 3.8) is 0 Å². The Bertz CT molecular complexity index is 589. The van der Waals surface area contributed by atoms with E-state index in [1.54, 1.807) is 11.3 Å². The monoisotopic (exact) mass is 298 g/mol. The molecule has 1 aliphatic rings. The molecule has 0 saturated carbocycles. The number of hydrogen-bond acceptors (Lipinski definition) is 5. The molecule has 3 rings (SSSR count). The van der Waals surface area contributed by atoms with Gasteiger partial charge in [-0.15, -0.1) is 0 Å². The van der Waals surface area contributed by atoms with Crippen LogP contribution in [0.3, 0.4) is 0 Å². The molecular formula is C13H15ClN2O2S. The molecule has 0 radical (unpaired) electrons. The molecule has 1 fully saturated rings. The summed E-state index contributed by atoms with van der Waals surface area (Å²) in [6.45, 7) is 3.81. The number of nitrogens with zero attached hydrogens (tertiary/aromatic N) is 2. The summed E-state index contributed by atoms with van der Waals surface area (Å²) in [7, 11) is 0. The Balaban J connectivity index is 1.85. The molecule has 2 aromatic rings. The second-order valence-corrected chi connectivity index (χ2v) is 6.02. The first-order valence-corrected chi connectivity index (χ1v) is 7.47. The number of halogens is 1. The Labute approximate surface area is 120 Å². The van der Waals surface area contributed by atoms with Gasteiger partial charge in [-0.2, -0.15) is 0 Å². The molecule has 19 heavy (non-hydrogen) atoms. The zero-order valence-electron chi connectivity index (χ0n) is 10.5. The Hall–Kier alpha value is -0.880. The molecule has 1 saturated heterocycles. The molecule has 1 N–H and O–H groups in total. The summed E-state index contributed by atoms with van der Waals surface area (Å²) in [5, 5.41) is 11.6. The van der Waals surface area contributed by atoms with Crippen LogP contribution in [0.15, 0.2) is 18.2 Å². The number of hydrogen-bond donors (Lipinski definition) is 1. The number of fused-ring (bicyclic) bond motifs is 1. The van der Waals surface area contributed by atoms with Crippen molar-refractivity contribution in [3.05, 3.63) is 23.2 Å². The highest BCUT2D eigenvalue weighted by Crippen LogP contribution is 2.32. The summed E-state index contributed by atoms with van der Waals surface area (Å²) in [6, 6.07) is 5.68. The quantitative estimate of drug-likeness (QED) is 0.946. The Morgan fingerprint density at radius 3 is 3.16 bits per heavy atom. The van der Waals surface area contributed by atoms with Crippen molar-refractivity contribution in [2.24, 2.45) is 0 Å². The van der Waals surface area contributed by atoms with Crippen molar-refractivity contribution in [2.45, 2.75) is 19.1 Å². The smallest absolute Gasteiger partial charge is 0.186 e.